The highest BCUT2D eigenvalue weighted by molar-refractivity contribution is 7.81. The number of benzene rings is 1. The van der Waals surface area contributed by atoms with Crippen LogP contribution in [0.15, 0.2) is 24.3 Å². The number of halogens is 1. The molecule has 0 aliphatic heterocycles. The molecule has 1 fully saturated rings. The molecule has 6 nitrogen and oxygen atoms in total. The summed E-state index contributed by atoms with van der Waals surface area (Å²) in [4.78, 5) is 23.3. The zero-order valence-electron chi connectivity index (χ0n) is 11.0. The highest BCUT2D eigenvalue weighted by Crippen LogP contribution is 2.24. The van der Waals surface area contributed by atoms with Gasteiger partial charge in [-0.1, -0.05) is 3.89 Å². The monoisotopic (exact) mass is 315 g/mol. The van der Waals surface area contributed by atoms with Gasteiger partial charge in [0.2, 0.25) is 5.91 Å². The lowest BCUT2D eigenvalue weighted by Crippen LogP contribution is -2.28. The molecule has 1 aliphatic rings. The van der Waals surface area contributed by atoms with Gasteiger partial charge in [-0.3, -0.25) is 9.59 Å². The largest absolute Gasteiger partial charge is 0.488 e. The van der Waals surface area contributed by atoms with Gasteiger partial charge in [-0.05, 0) is 37.1 Å². The van der Waals surface area contributed by atoms with E-state index in [1.54, 1.807) is 0 Å². The van der Waals surface area contributed by atoms with Crippen LogP contribution in [0.25, 0.3) is 0 Å². The van der Waals surface area contributed by atoms with E-state index >= 15 is 0 Å². The molecule has 8 heteroatoms. The Morgan fingerprint density at radius 3 is 2.52 bits per heavy atom. The second-order valence-corrected chi connectivity index (χ2v) is 5.77. The van der Waals surface area contributed by atoms with E-state index in [9.17, 15) is 21.9 Å². The molecular weight excluding hydrogens is 301 g/mol. The minimum Gasteiger partial charge on any atom is -0.358 e. The molecule has 1 atom stereocenters. The molecule has 0 radical (unpaired) electrons. The van der Waals surface area contributed by atoms with Gasteiger partial charge in [0.05, 0.1) is 0 Å². The Morgan fingerprint density at radius 2 is 1.95 bits per heavy atom. The van der Waals surface area contributed by atoms with E-state index in [2.05, 4.69) is 9.50 Å². The highest BCUT2D eigenvalue weighted by Gasteiger charge is 2.25. The molecule has 1 unspecified atom stereocenters. The molecule has 0 saturated heterocycles. The standard InChI is InChI=1S/C13H14FNO5S/c14-21(18,19)20-12-6-4-10(5-7-12)15-13(17)9-2-1-3-11(16)8-9/h4-7,9H,1-3,8H2,(H,15,17). The maximum atomic E-state index is 12.3. The Kier molecular flexibility index (Phi) is 4.56. The average molecular weight is 315 g/mol. The van der Waals surface area contributed by atoms with Gasteiger partial charge < -0.3 is 9.50 Å². The third kappa shape index (κ3) is 4.82. The normalized spacial score (nSPS) is 19.1. The molecule has 1 saturated carbocycles. The molecule has 1 aromatic rings. The molecule has 21 heavy (non-hydrogen) atoms. The third-order valence-corrected chi connectivity index (χ3v) is 3.56. The second kappa shape index (κ2) is 6.21. The molecule has 114 valence electrons. The predicted octanol–water partition coefficient (Wildman–Crippen LogP) is 1.98. The second-order valence-electron chi connectivity index (χ2n) is 4.82. The Hall–Kier alpha value is -1.96. The summed E-state index contributed by atoms with van der Waals surface area (Å²) in [7, 11) is -5.06. The van der Waals surface area contributed by atoms with Gasteiger partial charge in [-0.25, -0.2) is 0 Å². The minimum absolute atomic E-state index is 0.0818. The van der Waals surface area contributed by atoms with Crippen molar-refractivity contribution in [3.05, 3.63) is 24.3 Å². The summed E-state index contributed by atoms with van der Waals surface area (Å²) < 4.78 is 37.0. The van der Waals surface area contributed by atoms with Gasteiger partial charge in [0.1, 0.15) is 11.5 Å². The van der Waals surface area contributed by atoms with Crippen LogP contribution in [0.5, 0.6) is 5.75 Å². The van der Waals surface area contributed by atoms with Crippen molar-refractivity contribution in [3.8, 4) is 5.75 Å². The Balaban J connectivity index is 1.96. The molecule has 1 aliphatic carbocycles. The number of amides is 1. The van der Waals surface area contributed by atoms with Crippen LogP contribution in [0.1, 0.15) is 25.7 Å². The zero-order valence-corrected chi connectivity index (χ0v) is 11.9. The summed E-state index contributed by atoms with van der Waals surface area (Å²) in [6.45, 7) is 0. The van der Waals surface area contributed by atoms with Gasteiger partial charge in [0, 0.05) is 24.4 Å². The average Bonchev–Trinajstić information content (AvgIpc) is 2.39. The molecule has 2 rings (SSSR count). The first kappa shape index (κ1) is 15.4. The fraction of sp³-hybridized carbons (Fsp3) is 0.385. The molecular formula is C13H14FNO5S. The van der Waals surface area contributed by atoms with Crippen molar-refractivity contribution >= 4 is 27.9 Å². The van der Waals surface area contributed by atoms with E-state index in [0.29, 0.717) is 24.9 Å². The fourth-order valence-corrected chi connectivity index (χ4v) is 2.54. The summed E-state index contributed by atoms with van der Waals surface area (Å²) in [5, 5.41) is 2.63. The number of anilines is 1. The van der Waals surface area contributed by atoms with Crippen LogP contribution in [0.2, 0.25) is 0 Å². The van der Waals surface area contributed by atoms with E-state index in [1.807, 2.05) is 0 Å². The van der Waals surface area contributed by atoms with E-state index in [-0.39, 0.29) is 29.8 Å². The number of hydrogen-bond acceptors (Lipinski definition) is 5. The number of carbonyl (C=O) groups excluding carboxylic acids is 2. The van der Waals surface area contributed by atoms with E-state index in [1.165, 1.54) is 24.3 Å². The van der Waals surface area contributed by atoms with Gasteiger partial charge in [-0.2, -0.15) is 8.42 Å². The summed E-state index contributed by atoms with van der Waals surface area (Å²) in [5.74, 6) is -0.704. The van der Waals surface area contributed by atoms with Gasteiger partial charge >= 0.3 is 10.5 Å². The van der Waals surface area contributed by atoms with Crippen molar-refractivity contribution < 1.29 is 26.1 Å². The Bertz CT molecular complexity index is 641. The maximum Gasteiger partial charge on any atom is 0.488 e. The lowest BCUT2D eigenvalue weighted by atomic mass is 9.88. The number of Topliss-reactive ketones (excluding diaryl/α,β-unsaturated/α-hetero) is 1. The van der Waals surface area contributed by atoms with Gasteiger partial charge in [-0.15, -0.1) is 0 Å². The number of rotatable bonds is 4. The van der Waals surface area contributed by atoms with Crippen molar-refractivity contribution in [2.45, 2.75) is 25.7 Å². The van der Waals surface area contributed by atoms with Crippen LogP contribution in [0, 0.1) is 5.92 Å². The Labute approximate surface area is 121 Å². The van der Waals surface area contributed by atoms with E-state index in [0.717, 1.165) is 0 Å². The SMILES string of the molecule is O=C1CCCC(C(=O)Nc2ccc(OS(=O)(=O)F)cc2)C1. The summed E-state index contributed by atoms with van der Waals surface area (Å²) in [6.07, 6.45) is 2.14. The molecule has 1 aromatic carbocycles. The lowest BCUT2D eigenvalue weighted by molar-refractivity contribution is -0.128. The first-order valence-electron chi connectivity index (χ1n) is 6.40. The van der Waals surface area contributed by atoms with Crippen molar-refractivity contribution in [2.24, 2.45) is 5.92 Å². The molecule has 0 aromatic heterocycles. The number of nitrogens with one attached hydrogen (secondary N) is 1. The Morgan fingerprint density at radius 1 is 1.29 bits per heavy atom. The summed E-state index contributed by atoms with van der Waals surface area (Å²) in [5.41, 5.74) is 0.418. The van der Waals surface area contributed by atoms with E-state index in [4.69, 9.17) is 0 Å². The zero-order chi connectivity index (χ0) is 15.5. The smallest absolute Gasteiger partial charge is 0.358 e. The number of carbonyl (C=O) groups is 2. The predicted molar refractivity (Wildman–Crippen MR) is 72.7 cm³/mol. The maximum absolute atomic E-state index is 12.3. The number of hydrogen-bond donors (Lipinski definition) is 1. The van der Waals surface area contributed by atoms with Crippen LogP contribution < -0.4 is 9.50 Å². The van der Waals surface area contributed by atoms with Crippen LogP contribution >= 0.6 is 0 Å². The van der Waals surface area contributed by atoms with Crippen molar-refractivity contribution in [1.82, 2.24) is 0 Å². The quantitative estimate of drug-likeness (QED) is 0.858. The van der Waals surface area contributed by atoms with Crippen LogP contribution in [-0.4, -0.2) is 20.1 Å². The fourth-order valence-electron chi connectivity index (χ4n) is 2.20. The van der Waals surface area contributed by atoms with Gasteiger partial charge in [0.15, 0.2) is 0 Å². The molecule has 0 heterocycles. The lowest BCUT2D eigenvalue weighted by Gasteiger charge is -2.20. The van der Waals surface area contributed by atoms with Gasteiger partial charge in [0.25, 0.3) is 0 Å². The van der Waals surface area contributed by atoms with Crippen molar-refractivity contribution in [2.75, 3.05) is 5.32 Å². The number of ketones is 1. The van der Waals surface area contributed by atoms with Crippen molar-refractivity contribution in [1.29, 1.82) is 0 Å². The first-order valence-corrected chi connectivity index (χ1v) is 7.71. The molecule has 0 spiro atoms. The summed E-state index contributed by atoms with van der Waals surface area (Å²) >= 11 is 0. The summed E-state index contributed by atoms with van der Waals surface area (Å²) in [6, 6.07) is 5.23. The van der Waals surface area contributed by atoms with Crippen LogP contribution in [0.3, 0.4) is 0 Å². The minimum atomic E-state index is -5.06. The topological polar surface area (TPSA) is 89.5 Å². The van der Waals surface area contributed by atoms with Crippen LogP contribution in [0.4, 0.5) is 9.57 Å². The van der Waals surface area contributed by atoms with Crippen molar-refractivity contribution in [3.63, 3.8) is 0 Å². The molecule has 1 N–H and O–H groups in total. The van der Waals surface area contributed by atoms with E-state index < -0.39 is 10.5 Å². The van der Waals surface area contributed by atoms with Crippen LogP contribution in [-0.2, 0) is 20.1 Å². The first-order chi connectivity index (χ1) is 9.83. The molecule has 1 amide bonds. The third-order valence-electron chi connectivity index (χ3n) is 3.17. The highest BCUT2D eigenvalue weighted by atomic mass is 32.3. The molecule has 0 bridgehead atoms.